The van der Waals surface area contributed by atoms with E-state index in [0.29, 0.717) is 61.2 Å². The minimum absolute atomic E-state index is 0.0299. The van der Waals surface area contributed by atoms with E-state index in [0.717, 1.165) is 37.8 Å². The molecule has 0 aliphatic rings. The maximum Gasteiger partial charge on any atom is 0.323 e. The van der Waals surface area contributed by atoms with Crippen LogP contribution in [0.5, 0.6) is 5.75 Å². The second-order valence-corrected chi connectivity index (χ2v) is 9.75. The molecule has 3 aromatic carbocycles. The molecule has 0 radical (unpaired) electrons. The van der Waals surface area contributed by atoms with Crippen molar-refractivity contribution >= 4 is 23.1 Å². The Hall–Kier alpha value is -3.67. The average Bonchev–Trinajstić information content (AvgIpc) is 2.95. The van der Waals surface area contributed by atoms with Crippen LogP contribution in [-0.2, 0) is 22.7 Å². The number of urea groups is 1. The second kappa shape index (κ2) is 17.9. The number of rotatable bonds is 18. The summed E-state index contributed by atoms with van der Waals surface area (Å²) in [6, 6.07) is 18.9. The molecule has 8 N–H and O–H groups in total. The molecular weight excluding hydrogens is 524 g/mol. The molecule has 0 bridgehead atoms. The Morgan fingerprint density at radius 3 is 2.37 bits per heavy atom. The van der Waals surface area contributed by atoms with Gasteiger partial charge < -0.3 is 46.5 Å². The fraction of sp³-hybridized carbons (Fsp3) is 0.387. The average molecular weight is 567 g/mol. The van der Waals surface area contributed by atoms with Crippen molar-refractivity contribution in [2.45, 2.75) is 45.0 Å². The van der Waals surface area contributed by atoms with Crippen LogP contribution in [0.4, 0.5) is 21.9 Å². The van der Waals surface area contributed by atoms with Crippen LogP contribution in [0.2, 0.25) is 0 Å². The van der Waals surface area contributed by atoms with Crippen LogP contribution in [0.25, 0.3) is 0 Å². The standard InChI is InChI=1S/C31H42N4O6/c32-26-8-6-10-28(19-26)35-31(39)34-27-9-5-7-23(17-27)22-41-16-15-40-14-4-2-1-3-13-33-20-30(38)24-11-12-29(37)25(18-24)21-36/h5-12,17-19,30,33,36-38H,1-4,13-16,20-22,32H2,(H2,34,35,39)/t30-/m0/s1. The van der Waals surface area contributed by atoms with E-state index in [-0.39, 0.29) is 18.4 Å². The number of benzene rings is 3. The number of ether oxygens (including phenoxy) is 2. The van der Waals surface area contributed by atoms with Crippen LogP contribution in [0.1, 0.15) is 48.5 Å². The number of carbonyl (C=O) groups is 1. The van der Waals surface area contributed by atoms with Crippen molar-refractivity contribution in [2.24, 2.45) is 0 Å². The normalized spacial score (nSPS) is 11.8. The Bertz CT molecular complexity index is 1210. The van der Waals surface area contributed by atoms with E-state index in [4.69, 9.17) is 15.2 Å². The summed E-state index contributed by atoms with van der Waals surface area (Å²) in [5, 5.41) is 38.0. The van der Waals surface area contributed by atoms with Gasteiger partial charge in [-0.25, -0.2) is 4.79 Å². The van der Waals surface area contributed by atoms with E-state index in [2.05, 4.69) is 16.0 Å². The fourth-order valence-corrected chi connectivity index (χ4v) is 4.16. The van der Waals surface area contributed by atoms with Gasteiger partial charge in [0, 0.05) is 35.8 Å². The van der Waals surface area contributed by atoms with E-state index >= 15 is 0 Å². The third kappa shape index (κ3) is 12.2. The summed E-state index contributed by atoms with van der Waals surface area (Å²) in [6.45, 7) is 3.08. The maximum absolute atomic E-state index is 12.2. The molecule has 2 amide bonds. The lowest BCUT2D eigenvalue weighted by molar-refractivity contribution is 0.0393. The molecule has 0 saturated carbocycles. The van der Waals surface area contributed by atoms with Crippen molar-refractivity contribution in [2.75, 3.05) is 49.3 Å². The fourth-order valence-electron chi connectivity index (χ4n) is 4.16. The minimum Gasteiger partial charge on any atom is -0.508 e. The third-order valence-corrected chi connectivity index (χ3v) is 6.36. The van der Waals surface area contributed by atoms with Crippen LogP contribution in [0.3, 0.4) is 0 Å². The largest absolute Gasteiger partial charge is 0.508 e. The van der Waals surface area contributed by atoms with Crippen LogP contribution >= 0.6 is 0 Å². The molecule has 10 heteroatoms. The van der Waals surface area contributed by atoms with E-state index < -0.39 is 6.10 Å². The van der Waals surface area contributed by atoms with Gasteiger partial charge >= 0.3 is 6.03 Å². The molecule has 41 heavy (non-hydrogen) atoms. The van der Waals surface area contributed by atoms with Crippen molar-refractivity contribution in [3.05, 3.63) is 83.4 Å². The lowest BCUT2D eigenvalue weighted by Crippen LogP contribution is -2.22. The summed E-state index contributed by atoms with van der Waals surface area (Å²) in [4.78, 5) is 12.2. The molecule has 0 unspecified atom stereocenters. The van der Waals surface area contributed by atoms with Gasteiger partial charge in [-0.3, -0.25) is 0 Å². The number of aromatic hydroxyl groups is 1. The quantitative estimate of drug-likeness (QED) is 0.0874. The first-order chi connectivity index (χ1) is 19.9. The van der Waals surface area contributed by atoms with Crippen LogP contribution in [0, 0.1) is 0 Å². The van der Waals surface area contributed by atoms with Crippen LogP contribution < -0.4 is 21.7 Å². The highest BCUT2D eigenvalue weighted by Crippen LogP contribution is 2.22. The number of aliphatic hydroxyl groups excluding tert-OH is 2. The highest BCUT2D eigenvalue weighted by Gasteiger charge is 2.10. The van der Waals surface area contributed by atoms with Crippen molar-refractivity contribution in [1.82, 2.24) is 5.32 Å². The molecule has 0 spiro atoms. The zero-order valence-corrected chi connectivity index (χ0v) is 23.4. The number of unbranched alkanes of at least 4 members (excludes halogenated alkanes) is 3. The van der Waals surface area contributed by atoms with E-state index in [9.17, 15) is 20.1 Å². The van der Waals surface area contributed by atoms with Crippen LogP contribution in [-0.4, -0.2) is 54.3 Å². The Labute approximate surface area is 241 Å². The number of hydrogen-bond acceptors (Lipinski definition) is 8. The number of carbonyl (C=O) groups excluding carboxylic acids is 1. The number of phenols is 1. The molecule has 0 saturated heterocycles. The monoisotopic (exact) mass is 566 g/mol. The van der Waals surface area contributed by atoms with Gasteiger partial charge in [-0.2, -0.15) is 0 Å². The molecular formula is C31H42N4O6. The number of nitrogens with one attached hydrogen (secondary N) is 3. The SMILES string of the molecule is Nc1cccc(NC(=O)Nc2cccc(COCCOCCCCCCNC[C@H](O)c3ccc(O)c(CO)c3)c2)c1. The van der Waals surface area contributed by atoms with Gasteiger partial charge in [-0.15, -0.1) is 0 Å². The summed E-state index contributed by atoms with van der Waals surface area (Å²) in [5.41, 5.74) is 9.64. The summed E-state index contributed by atoms with van der Waals surface area (Å²) in [5.74, 6) is 0.0299. The van der Waals surface area contributed by atoms with E-state index in [1.807, 2.05) is 24.3 Å². The zero-order valence-electron chi connectivity index (χ0n) is 23.4. The van der Waals surface area contributed by atoms with Gasteiger partial charge in [-0.05, 0) is 73.0 Å². The lowest BCUT2D eigenvalue weighted by Gasteiger charge is -2.14. The lowest BCUT2D eigenvalue weighted by atomic mass is 10.1. The molecule has 3 aromatic rings. The topological polar surface area (TPSA) is 158 Å². The molecule has 222 valence electrons. The zero-order chi connectivity index (χ0) is 29.3. The number of anilines is 3. The Morgan fingerprint density at radius 1 is 0.854 bits per heavy atom. The molecule has 10 nitrogen and oxygen atoms in total. The molecule has 0 heterocycles. The van der Waals surface area contributed by atoms with Crippen molar-refractivity contribution in [1.29, 1.82) is 0 Å². The van der Waals surface area contributed by atoms with E-state index in [1.165, 1.54) is 6.07 Å². The van der Waals surface area contributed by atoms with Gasteiger partial charge in [0.15, 0.2) is 0 Å². The second-order valence-electron chi connectivity index (χ2n) is 9.75. The van der Waals surface area contributed by atoms with Crippen LogP contribution in [0.15, 0.2) is 66.7 Å². The Kier molecular flexibility index (Phi) is 13.9. The molecule has 0 aliphatic heterocycles. The smallest absolute Gasteiger partial charge is 0.323 e. The Balaban J connectivity index is 1.16. The first kappa shape index (κ1) is 31.9. The molecule has 0 fully saturated rings. The molecule has 1 atom stereocenters. The number of nitrogens with two attached hydrogens (primary N) is 1. The number of amides is 2. The molecule has 0 aliphatic carbocycles. The van der Waals surface area contributed by atoms with Gasteiger partial charge in [-0.1, -0.05) is 37.1 Å². The van der Waals surface area contributed by atoms with Gasteiger partial charge in [0.2, 0.25) is 0 Å². The first-order valence-electron chi connectivity index (χ1n) is 13.9. The molecule has 3 rings (SSSR count). The van der Waals surface area contributed by atoms with Gasteiger partial charge in [0.05, 0.1) is 32.5 Å². The summed E-state index contributed by atoms with van der Waals surface area (Å²) in [7, 11) is 0. The highest BCUT2D eigenvalue weighted by molar-refractivity contribution is 6.00. The van der Waals surface area contributed by atoms with Gasteiger partial charge in [0.25, 0.3) is 0 Å². The minimum atomic E-state index is -0.691. The maximum atomic E-state index is 12.2. The van der Waals surface area contributed by atoms with E-state index in [1.54, 1.807) is 36.4 Å². The number of hydrogen-bond donors (Lipinski definition) is 7. The van der Waals surface area contributed by atoms with Crippen molar-refractivity contribution in [3.63, 3.8) is 0 Å². The number of aliphatic hydroxyl groups is 2. The summed E-state index contributed by atoms with van der Waals surface area (Å²) in [6.07, 6.45) is 3.42. The predicted octanol–water partition coefficient (Wildman–Crippen LogP) is 4.53. The first-order valence-corrected chi connectivity index (χ1v) is 13.9. The van der Waals surface area contributed by atoms with Crippen molar-refractivity contribution in [3.8, 4) is 5.75 Å². The summed E-state index contributed by atoms with van der Waals surface area (Å²) < 4.78 is 11.4. The van der Waals surface area contributed by atoms with Gasteiger partial charge in [0.1, 0.15) is 5.75 Å². The highest BCUT2D eigenvalue weighted by atomic mass is 16.5. The van der Waals surface area contributed by atoms with Crippen molar-refractivity contribution < 1.29 is 29.6 Å². The summed E-state index contributed by atoms with van der Waals surface area (Å²) >= 11 is 0. The number of nitrogen functional groups attached to an aromatic ring is 1. The Morgan fingerprint density at radius 2 is 1.59 bits per heavy atom. The molecule has 0 aromatic heterocycles. The predicted molar refractivity (Wildman–Crippen MR) is 161 cm³/mol. The third-order valence-electron chi connectivity index (χ3n) is 6.36.